The molecule has 0 bridgehead atoms. The summed E-state index contributed by atoms with van der Waals surface area (Å²) in [6.45, 7) is 10.1. The summed E-state index contributed by atoms with van der Waals surface area (Å²) in [5, 5.41) is 0. The zero-order chi connectivity index (χ0) is 13.0. The van der Waals surface area contributed by atoms with Crippen LogP contribution in [0.2, 0.25) is 0 Å². The van der Waals surface area contributed by atoms with Gasteiger partial charge in [-0.05, 0) is 45.1 Å². The van der Waals surface area contributed by atoms with Gasteiger partial charge in [-0.15, -0.1) is 0 Å². The smallest absolute Gasteiger partial charge is 0.226 e. The highest BCUT2D eigenvalue weighted by Crippen LogP contribution is 2.33. The molecule has 1 fully saturated rings. The molecule has 0 aromatic carbocycles. The zero-order valence-corrected chi connectivity index (χ0v) is 11.8. The van der Waals surface area contributed by atoms with Crippen molar-refractivity contribution < 1.29 is 4.79 Å². The summed E-state index contributed by atoms with van der Waals surface area (Å²) in [6.07, 6.45) is 3.31. The molecule has 2 atom stereocenters. The van der Waals surface area contributed by atoms with Gasteiger partial charge in [-0.1, -0.05) is 20.3 Å². The Morgan fingerprint density at radius 3 is 2.41 bits per heavy atom. The maximum atomic E-state index is 12.6. The third kappa shape index (κ3) is 3.70. The summed E-state index contributed by atoms with van der Waals surface area (Å²) in [7, 11) is 0. The van der Waals surface area contributed by atoms with E-state index in [0.29, 0.717) is 30.3 Å². The minimum atomic E-state index is 0.182. The normalized spacial score (nSPS) is 24.6. The molecule has 100 valence electrons. The highest BCUT2D eigenvalue weighted by molar-refractivity contribution is 5.79. The first kappa shape index (κ1) is 14.5. The number of nitrogens with two attached hydrogens (primary N) is 1. The molecule has 1 saturated carbocycles. The van der Waals surface area contributed by atoms with Crippen molar-refractivity contribution in [2.24, 2.45) is 23.5 Å². The van der Waals surface area contributed by atoms with Gasteiger partial charge in [0.05, 0.1) is 0 Å². The summed E-state index contributed by atoms with van der Waals surface area (Å²) in [5.74, 6) is 1.46. The quantitative estimate of drug-likeness (QED) is 0.801. The average molecular weight is 240 g/mol. The second kappa shape index (κ2) is 6.39. The monoisotopic (exact) mass is 240 g/mol. The zero-order valence-electron chi connectivity index (χ0n) is 11.8. The lowest BCUT2D eigenvalue weighted by Gasteiger charge is -2.32. The number of carbonyl (C=O) groups is 1. The van der Waals surface area contributed by atoms with E-state index < -0.39 is 0 Å². The molecule has 2 unspecified atom stereocenters. The summed E-state index contributed by atoms with van der Waals surface area (Å²) in [5.41, 5.74) is 5.77. The molecular weight excluding hydrogens is 212 g/mol. The van der Waals surface area contributed by atoms with Crippen LogP contribution in [0.1, 0.15) is 47.0 Å². The Morgan fingerprint density at radius 1 is 1.29 bits per heavy atom. The molecule has 1 amide bonds. The van der Waals surface area contributed by atoms with E-state index in [0.717, 1.165) is 25.8 Å². The van der Waals surface area contributed by atoms with Gasteiger partial charge in [0.15, 0.2) is 0 Å². The van der Waals surface area contributed by atoms with Crippen LogP contribution in [0.15, 0.2) is 0 Å². The third-order valence-electron chi connectivity index (χ3n) is 3.75. The topological polar surface area (TPSA) is 46.3 Å². The van der Waals surface area contributed by atoms with Crippen molar-refractivity contribution in [2.75, 3.05) is 13.1 Å². The van der Waals surface area contributed by atoms with Gasteiger partial charge in [0, 0.05) is 18.5 Å². The highest BCUT2D eigenvalue weighted by Gasteiger charge is 2.35. The number of hydrogen-bond acceptors (Lipinski definition) is 2. The summed E-state index contributed by atoms with van der Waals surface area (Å²) in [6, 6.07) is 0.295. The standard InChI is InChI=1S/C14H28N2O/c1-10(2)9-16(11(3)4)14(17)13-7-5-6-12(13)8-15/h10-13H,5-9,15H2,1-4H3. The summed E-state index contributed by atoms with van der Waals surface area (Å²) < 4.78 is 0. The number of rotatable bonds is 5. The Kier molecular flexibility index (Phi) is 5.44. The summed E-state index contributed by atoms with van der Waals surface area (Å²) >= 11 is 0. The largest absolute Gasteiger partial charge is 0.340 e. The maximum Gasteiger partial charge on any atom is 0.226 e. The Bertz CT molecular complexity index is 251. The van der Waals surface area contributed by atoms with Crippen LogP contribution >= 0.6 is 0 Å². The van der Waals surface area contributed by atoms with E-state index in [1.165, 1.54) is 0 Å². The Hall–Kier alpha value is -0.570. The number of hydrogen-bond donors (Lipinski definition) is 1. The van der Waals surface area contributed by atoms with Gasteiger partial charge in [0.25, 0.3) is 0 Å². The predicted molar refractivity (Wildman–Crippen MR) is 71.6 cm³/mol. The van der Waals surface area contributed by atoms with E-state index in [4.69, 9.17) is 5.73 Å². The molecule has 0 aliphatic heterocycles. The van der Waals surface area contributed by atoms with Crippen LogP contribution in [0.5, 0.6) is 0 Å². The van der Waals surface area contributed by atoms with Crippen molar-refractivity contribution in [1.29, 1.82) is 0 Å². The summed E-state index contributed by atoms with van der Waals surface area (Å²) in [4.78, 5) is 14.6. The molecule has 0 saturated heterocycles. The Labute approximate surface area is 106 Å². The van der Waals surface area contributed by atoms with Gasteiger partial charge < -0.3 is 10.6 Å². The average Bonchev–Trinajstić information content (AvgIpc) is 2.72. The van der Waals surface area contributed by atoms with Crippen molar-refractivity contribution in [1.82, 2.24) is 4.90 Å². The molecule has 1 aliphatic rings. The lowest BCUT2D eigenvalue weighted by atomic mass is 9.94. The molecular formula is C14H28N2O. The van der Waals surface area contributed by atoms with E-state index in [9.17, 15) is 4.79 Å². The molecule has 0 heterocycles. The lowest BCUT2D eigenvalue weighted by Crippen LogP contribution is -2.44. The van der Waals surface area contributed by atoms with Crippen LogP contribution in [0.4, 0.5) is 0 Å². The van der Waals surface area contributed by atoms with E-state index in [-0.39, 0.29) is 5.92 Å². The van der Waals surface area contributed by atoms with Gasteiger partial charge in [-0.3, -0.25) is 4.79 Å². The van der Waals surface area contributed by atoms with E-state index >= 15 is 0 Å². The predicted octanol–water partition coefficient (Wildman–Crippen LogP) is 2.25. The lowest BCUT2D eigenvalue weighted by molar-refractivity contribution is -0.139. The van der Waals surface area contributed by atoms with Gasteiger partial charge in [-0.25, -0.2) is 0 Å². The molecule has 0 spiro atoms. The third-order valence-corrected chi connectivity index (χ3v) is 3.75. The van der Waals surface area contributed by atoms with Crippen LogP contribution < -0.4 is 5.73 Å². The minimum Gasteiger partial charge on any atom is -0.340 e. The Balaban J connectivity index is 2.70. The maximum absolute atomic E-state index is 12.6. The van der Waals surface area contributed by atoms with Gasteiger partial charge >= 0.3 is 0 Å². The van der Waals surface area contributed by atoms with Gasteiger partial charge in [0.2, 0.25) is 5.91 Å². The Morgan fingerprint density at radius 2 is 1.94 bits per heavy atom. The molecule has 0 radical (unpaired) electrons. The number of amides is 1. The van der Waals surface area contributed by atoms with E-state index in [2.05, 4.69) is 27.7 Å². The molecule has 1 rings (SSSR count). The van der Waals surface area contributed by atoms with Crippen molar-refractivity contribution in [3.63, 3.8) is 0 Å². The first-order chi connectivity index (χ1) is 7.97. The van der Waals surface area contributed by atoms with Crippen molar-refractivity contribution in [3.05, 3.63) is 0 Å². The first-order valence-electron chi connectivity index (χ1n) is 6.97. The van der Waals surface area contributed by atoms with Crippen LogP contribution in [0.25, 0.3) is 0 Å². The fourth-order valence-electron chi connectivity index (χ4n) is 2.81. The SMILES string of the molecule is CC(C)CN(C(=O)C1CCCC1CN)C(C)C. The minimum absolute atomic E-state index is 0.182. The molecule has 17 heavy (non-hydrogen) atoms. The van der Waals surface area contributed by atoms with Gasteiger partial charge in [0.1, 0.15) is 0 Å². The molecule has 1 aliphatic carbocycles. The fourth-order valence-corrected chi connectivity index (χ4v) is 2.81. The molecule has 2 N–H and O–H groups in total. The second-order valence-corrected chi connectivity index (χ2v) is 6.01. The molecule has 0 aromatic heterocycles. The van der Waals surface area contributed by atoms with Crippen molar-refractivity contribution in [2.45, 2.75) is 53.0 Å². The fraction of sp³-hybridized carbons (Fsp3) is 0.929. The van der Waals surface area contributed by atoms with Crippen LogP contribution in [-0.2, 0) is 4.79 Å². The number of carbonyl (C=O) groups excluding carboxylic acids is 1. The van der Waals surface area contributed by atoms with E-state index in [1.54, 1.807) is 0 Å². The number of nitrogens with zero attached hydrogens (tertiary/aromatic N) is 1. The van der Waals surface area contributed by atoms with E-state index in [1.807, 2.05) is 4.90 Å². The molecule has 3 nitrogen and oxygen atoms in total. The van der Waals surface area contributed by atoms with Crippen LogP contribution in [-0.4, -0.2) is 29.9 Å². The molecule has 0 aromatic rings. The van der Waals surface area contributed by atoms with Crippen LogP contribution in [0.3, 0.4) is 0 Å². The van der Waals surface area contributed by atoms with Crippen molar-refractivity contribution in [3.8, 4) is 0 Å². The highest BCUT2D eigenvalue weighted by atomic mass is 16.2. The van der Waals surface area contributed by atoms with Gasteiger partial charge in [-0.2, -0.15) is 0 Å². The first-order valence-corrected chi connectivity index (χ1v) is 6.97. The molecule has 3 heteroatoms. The second-order valence-electron chi connectivity index (χ2n) is 6.01. The van der Waals surface area contributed by atoms with Crippen molar-refractivity contribution >= 4 is 5.91 Å². The van der Waals surface area contributed by atoms with Crippen LogP contribution in [0, 0.1) is 17.8 Å².